The monoisotopic (exact) mass is 273 g/mol. The Kier molecular flexibility index (Phi) is 3.11. The molecule has 20 heavy (non-hydrogen) atoms. The van der Waals surface area contributed by atoms with Crippen LogP contribution in [0.15, 0.2) is 6.07 Å². The molecule has 0 spiro atoms. The van der Waals surface area contributed by atoms with E-state index in [1.807, 2.05) is 6.07 Å². The number of hydrogen-bond donors (Lipinski definition) is 1. The van der Waals surface area contributed by atoms with E-state index in [9.17, 15) is 9.90 Å². The first-order chi connectivity index (χ1) is 9.36. The summed E-state index contributed by atoms with van der Waals surface area (Å²) in [6.07, 6.45) is 5.32. The number of aryl methyl sites for hydroxylation is 1. The van der Waals surface area contributed by atoms with Crippen LogP contribution in [0.5, 0.6) is 0 Å². The largest absolute Gasteiger partial charge is 0.478 e. The quantitative estimate of drug-likeness (QED) is 0.891. The van der Waals surface area contributed by atoms with Crippen LogP contribution in [0.3, 0.4) is 0 Å². The maximum Gasteiger partial charge on any atom is 0.337 e. The van der Waals surface area contributed by atoms with E-state index in [-0.39, 0.29) is 5.41 Å². The molecule has 3 heteroatoms. The van der Waals surface area contributed by atoms with Crippen molar-refractivity contribution in [3.05, 3.63) is 28.6 Å². The lowest BCUT2D eigenvalue weighted by Crippen LogP contribution is -2.28. The summed E-state index contributed by atoms with van der Waals surface area (Å²) in [6, 6.07) is 1.91. The molecule has 0 saturated heterocycles. The lowest BCUT2D eigenvalue weighted by molar-refractivity contribution is 0.0694. The zero-order valence-electron chi connectivity index (χ0n) is 12.6. The molecule has 0 radical (unpaired) electrons. The van der Waals surface area contributed by atoms with Gasteiger partial charge < -0.3 is 5.11 Å². The van der Waals surface area contributed by atoms with Crippen molar-refractivity contribution in [3.8, 4) is 0 Å². The summed E-state index contributed by atoms with van der Waals surface area (Å²) in [6.45, 7) is 6.81. The van der Waals surface area contributed by atoms with Crippen LogP contribution in [-0.2, 0) is 12.8 Å². The number of nitrogens with zero attached hydrogens (tertiary/aromatic N) is 1. The van der Waals surface area contributed by atoms with Crippen molar-refractivity contribution in [1.29, 1.82) is 0 Å². The van der Waals surface area contributed by atoms with Crippen molar-refractivity contribution in [2.24, 2.45) is 11.3 Å². The van der Waals surface area contributed by atoms with E-state index in [4.69, 9.17) is 4.98 Å². The maximum atomic E-state index is 11.5. The van der Waals surface area contributed by atoms with Crippen LogP contribution in [0.4, 0.5) is 0 Å². The van der Waals surface area contributed by atoms with Crippen LogP contribution < -0.4 is 0 Å². The second kappa shape index (κ2) is 4.57. The van der Waals surface area contributed by atoms with Crippen LogP contribution in [0, 0.1) is 11.3 Å². The van der Waals surface area contributed by atoms with Crippen molar-refractivity contribution in [3.63, 3.8) is 0 Å². The number of aromatic nitrogens is 1. The number of pyridine rings is 1. The average molecular weight is 273 g/mol. The number of hydrogen-bond acceptors (Lipinski definition) is 2. The predicted octanol–water partition coefficient (Wildman–Crippen LogP) is 3.81. The van der Waals surface area contributed by atoms with E-state index in [0.29, 0.717) is 17.4 Å². The lowest BCUT2D eigenvalue weighted by atomic mass is 9.71. The fourth-order valence-electron chi connectivity index (χ4n) is 3.26. The number of carboxylic acid groups (broad SMARTS) is 1. The Hall–Kier alpha value is -1.38. The summed E-state index contributed by atoms with van der Waals surface area (Å²) in [5.41, 5.74) is 3.87. The Labute approximate surface area is 120 Å². The number of fused-ring (bicyclic) bond motifs is 1. The van der Waals surface area contributed by atoms with Crippen molar-refractivity contribution in [1.82, 2.24) is 4.98 Å². The van der Waals surface area contributed by atoms with Crippen molar-refractivity contribution in [2.45, 2.75) is 58.8 Å². The standard InChI is InChI=1S/C17H23NO2/c1-17(2,3)12-6-7-14-11(8-12)9-13(16(19)20)15(18-14)10-4-5-10/h9-10,12H,4-8H2,1-3H3,(H,19,20). The SMILES string of the molecule is CC(C)(C)C1CCc2nc(C3CC3)c(C(=O)O)cc2C1. The third kappa shape index (κ3) is 2.46. The molecule has 1 unspecified atom stereocenters. The Morgan fingerprint density at radius 2 is 2.00 bits per heavy atom. The molecule has 0 amide bonds. The van der Waals surface area contributed by atoms with E-state index >= 15 is 0 Å². The summed E-state index contributed by atoms with van der Waals surface area (Å²) < 4.78 is 0. The molecule has 2 aliphatic carbocycles. The van der Waals surface area contributed by atoms with Gasteiger partial charge in [-0.1, -0.05) is 20.8 Å². The summed E-state index contributed by atoms with van der Waals surface area (Å²) in [5, 5.41) is 9.43. The Morgan fingerprint density at radius 1 is 1.30 bits per heavy atom. The minimum Gasteiger partial charge on any atom is -0.478 e. The van der Waals surface area contributed by atoms with Crippen LogP contribution >= 0.6 is 0 Å². The first-order valence-corrected chi connectivity index (χ1v) is 7.62. The van der Waals surface area contributed by atoms with E-state index in [1.165, 1.54) is 6.42 Å². The minimum absolute atomic E-state index is 0.274. The molecule has 1 atom stereocenters. The van der Waals surface area contributed by atoms with E-state index < -0.39 is 5.97 Å². The van der Waals surface area contributed by atoms with Gasteiger partial charge in [-0.15, -0.1) is 0 Å². The summed E-state index contributed by atoms with van der Waals surface area (Å²) >= 11 is 0. The molecule has 0 aromatic carbocycles. The first-order valence-electron chi connectivity index (χ1n) is 7.62. The molecule has 1 fully saturated rings. The Bertz CT molecular complexity index is 553. The van der Waals surface area contributed by atoms with Gasteiger partial charge in [0.15, 0.2) is 0 Å². The van der Waals surface area contributed by atoms with Gasteiger partial charge in [0, 0.05) is 11.6 Å². The van der Waals surface area contributed by atoms with E-state index in [1.54, 1.807) is 0 Å². The molecule has 2 aliphatic rings. The average Bonchev–Trinajstić information content (AvgIpc) is 3.19. The third-order valence-corrected chi connectivity index (χ3v) is 4.84. The predicted molar refractivity (Wildman–Crippen MR) is 78.1 cm³/mol. The van der Waals surface area contributed by atoms with Gasteiger partial charge in [-0.05, 0) is 55.1 Å². The number of aromatic carboxylic acids is 1. The molecule has 3 nitrogen and oxygen atoms in total. The fraction of sp³-hybridized carbons (Fsp3) is 0.647. The van der Waals surface area contributed by atoms with Crippen molar-refractivity contribution < 1.29 is 9.90 Å². The van der Waals surface area contributed by atoms with Crippen LogP contribution in [-0.4, -0.2) is 16.1 Å². The van der Waals surface area contributed by atoms with Gasteiger partial charge in [0.2, 0.25) is 0 Å². The molecule has 108 valence electrons. The van der Waals surface area contributed by atoms with Gasteiger partial charge in [-0.3, -0.25) is 4.98 Å². The molecular formula is C17H23NO2. The Morgan fingerprint density at radius 3 is 2.55 bits per heavy atom. The number of rotatable bonds is 2. The smallest absolute Gasteiger partial charge is 0.337 e. The highest BCUT2D eigenvalue weighted by Gasteiger charge is 2.34. The maximum absolute atomic E-state index is 11.5. The highest BCUT2D eigenvalue weighted by atomic mass is 16.4. The topological polar surface area (TPSA) is 50.2 Å². The van der Waals surface area contributed by atoms with Gasteiger partial charge in [0.25, 0.3) is 0 Å². The molecule has 1 aromatic rings. The molecule has 1 heterocycles. The summed E-state index contributed by atoms with van der Waals surface area (Å²) in [4.78, 5) is 16.2. The zero-order valence-corrected chi connectivity index (χ0v) is 12.6. The number of carboxylic acids is 1. The van der Waals surface area contributed by atoms with E-state index in [2.05, 4.69) is 20.8 Å². The summed E-state index contributed by atoms with van der Waals surface area (Å²) in [7, 11) is 0. The van der Waals surface area contributed by atoms with Crippen LogP contribution in [0.1, 0.15) is 73.3 Å². The molecular weight excluding hydrogens is 250 g/mol. The molecule has 1 saturated carbocycles. The highest BCUT2D eigenvalue weighted by molar-refractivity contribution is 5.89. The third-order valence-electron chi connectivity index (χ3n) is 4.84. The van der Waals surface area contributed by atoms with Gasteiger partial charge >= 0.3 is 5.97 Å². The second-order valence-corrected chi connectivity index (χ2v) is 7.41. The van der Waals surface area contributed by atoms with Crippen molar-refractivity contribution in [2.75, 3.05) is 0 Å². The first kappa shape index (κ1) is 13.6. The zero-order chi connectivity index (χ0) is 14.5. The molecule has 1 aromatic heterocycles. The van der Waals surface area contributed by atoms with Gasteiger partial charge in [-0.2, -0.15) is 0 Å². The van der Waals surface area contributed by atoms with Crippen LogP contribution in [0.25, 0.3) is 0 Å². The molecule has 0 aliphatic heterocycles. The van der Waals surface area contributed by atoms with Gasteiger partial charge in [0.05, 0.1) is 11.3 Å². The van der Waals surface area contributed by atoms with Crippen LogP contribution in [0.2, 0.25) is 0 Å². The number of carbonyl (C=O) groups is 1. The van der Waals surface area contributed by atoms with Crippen molar-refractivity contribution >= 4 is 5.97 Å². The second-order valence-electron chi connectivity index (χ2n) is 7.41. The van der Waals surface area contributed by atoms with Gasteiger partial charge in [-0.25, -0.2) is 4.79 Å². The summed E-state index contributed by atoms with van der Waals surface area (Å²) in [5.74, 6) is 0.192. The van der Waals surface area contributed by atoms with E-state index in [0.717, 1.165) is 42.6 Å². The fourth-order valence-corrected chi connectivity index (χ4v) is 3.26. The normalized spacial score (nSPS) is 22.4. The minimum atomic E-state index is -0.819. The Balaban J connectivity index is 1.98. The highest BCUT2D eigenvalue weighted by Crippen LogP contribution is 2.43. The lowest BCUT2D eigenvalue weighted by Gasteiger charge is -2.34. The molecule has 0 bridgehead atoms. The molecule has 3 rings (SSSR count). The van der Waals surface area contributed by atoms with Gasteiger partial charge in [0.1, 0.15) is 0 Å². The molecule has 1 N–H and O–H groups in total.